The van der Waals surface area contributed by atoms with Gasteiger partial charge >= 0.3 is 17.2 Å². The maximum absolute atomic E-state index is 12.3. The second kappa shape index (κ2) is 11.8. The molecule has 0 bridgehead atoms. The summed E-state index contributed by atoms with van der Waals surface area (Å²) in [5.41, 5.74) is -1.43. The lowest BCUT2D eigenvalue weighted by atomic mass is 9.69. The van der Waals surface area contributed by atoms with Crippen molar-refractivity contribution in [1.29, 1.82) is 0 Å². The fourth-order valence-corrected chi connectivity index (χ4v) is 7.80. The van der Waals surface area contributed by atoms with Gasteiger partial charge in [0.2, 0.25) is 0 Å². The summed E-state index contributed by atoms with van der Waals surface area (Å²) in [4.78, 5) is 23.4. The van der Waals surface area contributed by atoms with Crippen molar-refractivity contribution in [2.75, 3.05) is 33.5 Å². The van der Waals surface area contributed by atoms with E-state index >= 15 is 0 Å². The lowest BCUT2D eigenvalue weighted by Gasteiger charge is -2.40. The van der Waals surface area contributed by atoms with E-state index in [1.807, 2.05) is 12.2 Å². The van der Waals surface area contributed by atoms with Gasteiger partial charge in [0, 0.05) is 37.7 Å². The maximum atomic E-state index is 12.3. The Kier molecular flexibility index (Phi) is 8.58. The number of rotatable bonds is 1. The van der Waals surface area contributed by atoms with Crippen molar-refractivity contribution < 1.29 is 33.6 Å². The lowest BCUT2D eigenvalue weighted by molar-refractivity contribution is -0.196. The van der Waals surface area contributed by atoms with Gasteiger partial charge in [-0.05, 0) is 37.5 Å². The first-order valence-corrected chi connectivity index (χ1v) is 14.6. The van der Waals surface area contributed by atoms with Crippen LogP contribution in [-0.2, 0) is 28.5 Å². The second-order valence-corrected chi connectivity index (χ2v) is 12.0. The van der Waals surface area contributed by atoms with E-state index in [-0.39, 0.29) is 11.8 Å². The van der Waals surface area contributed by atoms with Gasteiger partial charge in [-0.1, -0.05) is 18.2 Å². The molecule has 6 aliphatic rings. The molecule has 2 saturated carbocycles. The monoisotopic (exact) mass is 565 g/mol. The summed E-state index contributed by atoms with van der Waals surface area (Å²) in [6.45, 7) is 25.0. The SMILES string of the molecule is [C-]#[N+]C1([N+]#[C-])CC=CCC2CC3(CCC21)OCCO3.[C-]#[N+][C@@]1(C(=O)OC)CC[C@H](O)CC2CC3(CC=C21)OCCO3. The summed E-state index contributed by atoms with van der Waals surface area (Å²) in [6, 6.07) is 0. The van der Waals surface area contributed by atoms with Crippen LogP contribution >= 0.6 is 0 Å². The molecule has 0 aromatic carbocycles. The molecule has 1 N–H and O–H groups in total. The standard InChI is InChI=1S/C16H21NO5.C15H18N2O2/c1-17-16(14(19)20-2)6-3-12(18)9-11-10-15(5-4-13(11)16)21-7-8-22-15;1-16-15(17-2)7-4-3-5-12-11-14(8-6-13(12)15)18-9-10-19-14/h4,11-12,18H,3,5-10H2,2H3;3-4,12-13H,5-11H2/t11?,12-,16-;/m0./s1. The maximum Gasteiger partial charge on any atom is 0.488 e. The molecule has 2 saturated heterocycles. The average molecular weight is 566 g/mol. The molecule has 0 amide bonds. The van der Waals surface area contributed by atoms with Crippen LogP contribution in [0.3, 0.4) is 0 Å². The number of hydrogen-bond acceptors (Lipinski definition) is 7. The van der Waals surface area contributed by atoms with Crippen LogP contribution in [0.4, 0.5) is 0 Å². The topological polar surface area (TPSA) is 96.5 Å². The number of carbonyl (C=O) groups excluding carboxylic acids is 1. The van der Waals surface area contributed by atoms with Crippen molar-refractivity contribution in [2.45, 2.75) is 93.1 Å². The van der Waals surface area contributed by atoms with Crippen molar-refractivity contribution in [2.24, 2.45) is 17.8 Å². The molecule has 41 heavy (non-hydrogen) atoms. The number of aliphatic hydroxyl groups is 1. The minimum atomic E-state index is -1.31. The van der Waals surface area contributed by atoms with Crippen LogP contribution in [0.5, 0.6) is 0 Å². The molecule has 2 aliphatic heterocycles. The average Bonchev–Trinajstić information content (AvgIpc) is 3.56. The van der Waals surface area contributed by atoms with E-state index in [0.717, 1.165) is 31.3 Å². The first-order valence-electron chi connectivity index (χ1n) is 14.6. The highest BCUT2D eigenvalue weighted by Gasteiger charge is 2.60. The highest BCUT2D eigenvalue weighted by Crippen LogP contribution is 2.51. The van der Waals surface area contributed by atoms with E-state index in [1.165, 1.54) is 7.11 Å². The summed E-state index contributed by atoms with van der Waals surface area (Å²) in [6.07, 6.45) is 11.9. The van der Waals surface area contributed by atoms with E-state index in [2.05, 4.69) is 20.6 Å². The predicted octanol–water partition coefficient (Wildman–Crippen LogP) is 4.47. The van der Waals surface area contributed by atoms with Gasteiger partial charge in [-0.15, -0.1) is 0 Å². The molecule has 10 heteroatoms. The number of aliphatic hydroxyl groups excluding tert-OH is 1. The van der Waals surface area contributed by atoms with Gasteiger partial charge in [0.05, 0.1) is 39.6 Å². The van der Waals surface area contributed by atoms with Gasteiger partial charge in [0.1, 0.15) is 12.3 Å². The molecule has 0 aromatic rings. The molecule has 2 spiro atoms. The fourth-order valence-electron chi connectivity index (χ4n) is 7.80. The van der Waals surface area contributed by atoms with Crippen LogP contribution in [0.25, 0.3) is 14.5 Å². The molecule has 2 heterocycles. The Balaban J connectivity index is 0.000000166. The van der Waals surface area contributed by atoms with Gasteiger partial charge < -0.3 is 28.8 Å². The van der Waals surface area contributed by atoms with Gasteiger partial charge in [0.25, 0.3) is 0 Å². The molecule has 4 fully saturated rings. The van der Waals surface area contributed by atoms with E-state index in [4.69, 9.17) is 43.4 Å². The number of fused-ring (bicyclic) bond motifs is 2. The molecular formula is C31H39N3O7. The number of ether oxygens (including phenoxy) is 5. The van der Waals surface area contributed by atoms with E-state index < -0.39 is 34.8 Å². The zero-order valence-corrected chi connectivity index (χ0v) is 23.7. The van der Waals surface area contributed by atoms with Crippen LogP contribution in [0.2, 0.25) is 0 Å². The van der Waals surface area contributed by atoms with Crippen LogP contribution < -0.4 is 0 Å². The molecule has 220 valence electrons. The Morgan fingerprint density at radius 3 is 2.24 bits per heavy atom. The van der Waals surface area contributed by atoms with E-state index in [9.17, 15) is 9.90 Å². The van der Waals surface area contributed by atoms with E-state index in [1.54, 1.807) is 0 Å². The molecule has 3 unspecified atom stereocenters. The Morgan fingerprint density at radius 2 is 1.61 bits per heavy atom. The summed E-state index contributed by atoms with van der Waals surface area (Å²) in [5, 5.41) is 10.2. The van der Waals surface area contributed by atoms with Crippen LogP contribution in [0.15, 0.2) is 23.8 Å². The quantitative estimate of drug-likeness (QED) is 0.285. The van der Waals surface area contributed by atoms with Crippen LogP contribution in [-0.4, -0.2) is 73.5 Å². The molecule has 5 atom stereocenters. The zero-order valence-electron chi connectivity index (χ0n) is 23.7. The van der Waals surface area contributed by atoms with Crippen molar-refractivity contribution >= 4 is 5.97 Å². The van der Waals surface area contributed by atoms with Gasteiger partial charge in [-0.2, -0.15) is 0 Å². The largest absolute Gasteiger partial charge is 0.488 e. The number of esters is 1. The predicted molar refractivity (Wildman–Crippen MR) is 146 cm³/mol. The smallest absolute Gasteiger partial charge is 0.463 e. The van der Waals surface area contributed by atoms with Crippen LogP contribution in [0, 0.1) is 37.5 Å². The molecule has 0 aromatic heterocycles. The summed E-state index contributed by atoms with van der Waals surface area (Å²) in [7, 11) is 1.31. The normalized spacial score (nSPS) is 36.0. The van der Waals surface area contributed by atoms with Crippen LogP contribution in [0.1, 0.15) is 64.2 Å². The molecule has 10 nitrogen and oxygen atoms in total. The first kappa shape index (κ1) is 29.7. The second-order valence-electron chi connectivity index (χ2n) is 12.0. The molecule has 4 aliphatic carbocycles. The van der Waals surface area contributed by atoms with Gasteiger partial charge in [0.15, 0.2) is 11.6 Å². The van der Waals surface area contributed by atoms with Crippen molar-refractivity contribution in [3.63, 3.8) is 0 Å². The highest BCUT2D eigenvalue weighted by molar-refractivity contribution is 5.87. The summed E-state index contributed by atoms with van der Waals surface area (Å²) < 4.78 is 28.0. The number of nitrogens with zero attached hydrogens (tertiary/aromatic N) is 3. The molecule has 6 rings (SSSR count). The number of allylic oxidation sites excluding steroid dienone is 1. The van der Waals surface area contributed by atoms with E-state index in [0.29, 0.717) is 70.9 Å². The third-order valence-electron chi connectivity index (χ3n) is 9.83. The third-order valence-corrected chi connectivity index (χ3v) is 9.83. The minimum Gasteiger partial charge on any atom is -0.463 e. The number of hydrogen-bond donors (Lipinski definition) is 1. The third kappa shape index (κ3) is 5.43. The minimum absolute atomic E-state index is 0.0995. The Bertz CT molecular complexity index is 1170. The van der Waals surface area contributed by atoms with Crippen molar-refractivity contribution in [3.05, 3.63) is 58.1 Å². The number of methoxy groups -OCH3 is 1. The fraction of sp³-hybridized carbons (Fsp3) is 0.742. The Labute approximate surface area is 242 Å². The van der Waals surface area contributed by atoms with Gasteiger partial charge in [-0.3, -0.25) is 4.85 Å². The summed E-state index contributed by atoms with van der Waals surface area (Å²) in [5.74, 6) is -1.23. The first-order chi connectivity index (χ1) is 19.8. The number of carbonyl (C=O) groups is 1. The molecule has 0 radical (unpaired) electrons. The Hall–Kier alpha value is -2.78. The molecular weight excluding hydrogens is 526 g/mol. The lowest BCUT2D eigenvalue weighted by Crippen LogP contribution is -2.46. The highest BCUT2D eigenvalue weighted by atomic mass is 16.7. The van der Waals surface area contributed by atoms with Crippen molar-refractivity contribution in [1.82, 2.24) is 0 Å². The van der Waals surface area contributed by atoms with Gasteiger partial charge in [-0.25, -0.2) is 34.2 Å². The van der Waals surface area contributed by atoms with Crippen molar-refractivity contribution in [3.8, 4) is 0 Å². The zero-order chi connectivity index (χ0) is 29.1. The summed E-state index contributed by atoms with van der Waals surface area (Å²) >= 11 is 0. The Morgan fingerprint density at radius 1 is 0.927 bits per heavy atom.